The zero-order chi connectivity index (χ0) is 29.9. The van der Waals surface area contributed by atoms with Gasteiger partial charge in [0.1, 0.15) is 6.16 Å². The molecule has 4 N–H and O–H groups in total. The lowest BCUT2D eigenvalue weighted by atomic mass is 9.63. The molecule has 10 heteroatoms. The van der Waals surface area contributed by atoms with Gasteiger partial charge < -0.3 is 24.5 Å². The molecule has 1 saturated carbocycles. The van der Waals surface area contributed by atoms with E-state index in [1.165, 1.54) is 5.56 Å². The van der Waals surface area contributed by atoms with Crippen LogP contribution < -0.4 is 4.90 Å². The number of hydrogen-bond donors (Lipinski definition) is 4. The van der Waals surface area contributed by atoms with E-state index in [1.54, 1.807) is 0 Å². The highest BCUT2D eigenvalue weighted by atomic mass is 31.2. The van der Waals surface area contributed by atoms with Crippen LogP contribution >= 0.6 is 15.2 Å². The molecule has 220 valence electrons. The second-order valence-electron chi connectivity index (χ2n) is 12.1. The molecular weight excluding hydrogens is 570 g/mol. The SMILES string of the molecule is CC1(C)C(/C=C/C=C2/N(CCP(=O)(O)O)c3ccccc3C23CCC3)=[N+](CCP(=O)(O)O)c2c1ccc1ccccc21. The van der Waals surface area contributed by atoms with Crippen LogP contribution in [0, 0.1) is 0 Å². The summed E-state index contributed by atoms with van der Waals surface area (Å²) in [6.45, 7) is 4.66. The van der Waals surface area contributed by atoms with Gasteiger partial charge in [-0.3, -0.25) is 9.13 Å². The highest BCUT2D eigenvalue weighted by Gasteiger charge is 2.51. The van der Waals surface area contributed by atoms with E-state index in [-0.39, 0.29) is 30.8 Å². The topological polar surface area (TPSA) is 121 Å². The number of fused-ring (bicyclic) bond motifs is 5. The monoisotopic (exact) mass is 607 g/mol. The molecule has 3 aliphatic rings. The standard InChI is InChI=1S/C32H36N2O6P2/c1-31(2)26-16-15-23-9-3-4-10-24(23)30(26)34(20-22-42(38,39)40)28(31)13-7-14-29-32(17-8-18-32)25-11-5-6-12-27(25)33(29)19-21-41(35,36)37/h3-7,9-16H,8,17-22H2,1-2H3,(H3-,35,36,37,38,39,40)/p+1. The number of anilines is 1. The van der Waals surface area contributed by atoms with E-state index in [2.05, 4.69) is 53.7 Å². The fourth-order valence-corrected chi connectivity index (χ4v) is 7.97. The molecule has 1 spiro atoms. The van der Waals surface area contributed by atoms with Gasteiger partial charge in [-0.1, -0.05) is 61.0 Å². The number of benzene rings is 3. The number of allylic oxidation sites excluding steroid dienone is 4. The van der Waals surface area contributed by atoms with Crippen LogP contribution in [-0.4, -0.2) is 55.3 Å². The molecule has 0 unspecified atom stereocenters. The van der Waals surface area contributed by atoms with Crippen molar-refractivity contribution in [2.24, 2.45) is 0 Å². The third-order valence-electron chi connectivity index (χ3n) is 9.21. The Bertz CT molecular complexity index is 1760. The smallest absolute Gasteiger partial charge is 0.331 e. The number of rotatable bonds is 8. The molecule has 0 atom stereocenters. The highest BCUT2D eigenvalue weighted by Crippen LogP contribution is 2.58. The number of hydrogen-bond acceptors (Lipinski definition) is 3. The molecule has 8 nitrogen and oxygen atoms in total. The summed E-state index contributed by atoms with van der Waals surface area (Å²) in [7, 11) is -8.43. The normalized spacial score (nSPS) is 20.1. The van der Waals surface area contributed by atoms with Gasteiger partial charge in [0.05, 0.1) is 17.0 Å². The first-order valence-corrected chi connectivity index (χ1v) is 17.9. The van der Waals surface area contributed by atoms with Crippen LogP contribution in [0.4, 0.5) is 11.4 Å². The van der Waals surface area contributed by atoms with Crippen molar-refractivity contribution < 1.29 is 33.3 Å². The summed E-state index contributed by atoms with van der Waals surface area (Å²) >= 11 is 0. The Labute approximate surface area is 246 Å². The second-order valence-corrected chi connectivity index (χ2v) is 15.7. The van der Waals surface area contributed by atoms with Crippen LogP contribution in [0.5, 0.6) is 0 Å². The molecule has 0 saturated heterocycles. The van der Waals surface area contributed by atoms with E-state index in [0.717, 1.165) is 58.4 Å². The van der Waals surface area contributed by atoms with Crippen LogP contribution in [0.3, 0.4) is 0 Å². The Morgan fingerprint density at radius 3 is 2.26 bits per heavy atom. The van der Waals surface area contributed by atoms with Crippen molar-refractivity contribution in [1.82, 2.24) is 0 Å². The zero-order valence-electron chi connectivity index (χ0n) is 23.8. The Morgan fingerprint density at radius 1 is 0.881 bits per heavy atom. The third kappa shape index (κ3) is 5.05. The van der Waals surface area contributed by atoms with E-state index >= 15 is 0 Å². The minimum atomic E-state index is -4.24. The quantitative estimate of drug-likeness (QED) is 0.184. The van der Waals surface area contributed by atoms with Gasteiger partial charge in [-0.05, 0) is 55.8 Å². The van der Waals surface area contributed by atoms with Gasteiger partial charge in [0, 0.05) is 35.0 Å². The van der Waals surface area contributed by atoms with Gasteiger partial charge in [-0.15, -0.1) is 0 Å². The van der Waals surface area contributed by atoms with Gasteiger partial charge >= 0.3 is 15.2 Å². The zero-order valence-corrected chi connectivity index (χ0v) is 25.6. The fourth-order valence-electron chi connectivity index (χ4n) is 7.05. The van der Waals surface area contributed by atoms with Gasteiger partial charge in [0.25, 0.3) is 0 Å². The molecule has 1 aliphatic carbocycles. The molecular formula is C32H37N2O6P2+. The molecule has 0 aromatic heterocycles. The third-order valence-corrected chi connectivity index (χ3v) is 10.8. The minimum absolute atomic E-state index is 0.175. The van der Waals surface area contributed by atoms with E-state index in [1.807, 2.05) is 48.6 Å². The lowest BCUT2D eigenvalue weighted by molar-refractivity contribution is -0.430. The average Bonchev–Trinajstić information content (AvgIpc) is 3.31. The Hall–Kier alpha value is -2.83. The first-order chi connectivity index (χ1) is 19.8. The molecule has 0 amide bonds. The predicted octanol–water partition coefficient (Wildman–Crippen LogP) is 5.95. The second kappa shape index (κ2) is 10.4. The maximum absolute atomic E-state index is 12.0. The van der Waals surface area contributed by atoms with Crippen molar-refractivity contribution in [2.45, 2.75) is 43.9 Å². The van der Waals surface area contributed by atoms with Crippen molar-refractivity contribution in [2.75, 3.05) is 30.3 Å². The van der Waals surface area contributed by atoms with E-state index in [0.29, 0.717) is 0 Å². The summed E-state index contributed by atoms with van der Waals surface area (Å²) in [6, 6.07) is 20.4. The molecule has 42 heavy (non-hydrogen) atoms. The molecule has 2 aliphatic heterocycles. The average molecular weight is 608 g/mol. The van der Waals surface area contributed by atoms with Gasteiger partial charge in [0.15, 0.2) is 12.3 Å². The van der Waals surface area contributed by atoms with Crippen LogP contribution in [0.25, 0.3) is 10.8 Å². The first-order valence-electron chi connectivity index (χ1n) is 14.3. The Morgan fingerprint density at radius 2 is 1.57 bits per heavy atom. The summed E-state index contributed by atoms with van der Waals surface area (Å²) in [5.74, 6) is 0. The minimum Gasteiger partial charge on any atom is -0.343 e. The van der Waals surface area contributed by atoms with Crippen LogP contribution in [0.1, 0.15) is 44.2 Å². The van der Waals surface area contributed by atoms with Gasteiger partial charge in [-0.25, -0.2) is 0 Å². The molecule has 2 heterocycles. The van der Waals surface area contributed by atoms with Crippen molar-refractivity contribution >= 4 is 43.1 Å². The molecule has 1 fully saturated rings. The lowest BCUT2D eigenvalue weighted by Gasteiger charge is -2.41. The van der Waals surface area contributed by atoms with E-state index in [9.17, 15) is 28.7 Å². The summed E-state index contributed by atoms with van der Waals surface area (Å²) in [4.78, 5) is 41.0. The molecule has 6 rings (SSSR count). The Kier molecular flexibility index (Phi) is 7.25. The molecule has 3 aromatic rings. The van der Waals surface area contributed by atoms with Crippen LogP contribution in [0.15, 0.2) is 84.6 Å². The van der Waals surface area contributed by atoms with Crippen LogP contribution in [0.2, 0.25) is 0 Å². The number of nitrogens with zero attached hydrogens (tertiary/aromatic N) is 2. The summed E-state index contributed by atoms with van der Waals surface area (Å²) in [5.41, 5.74) is 5.68. The maximum atomic E-state index is 12.0. The summed E-state index contributed by atoms with van der Waals surface area (Å²) < 4.78 is 25.9. The van der Waals surface area contributed by atoms with Crippen molar-refractivity contribution in [3.05, 3.63) is 95.7 Å². The van der Waals surface area contributed by atoms with Gasteiger partial charge in [0.2, 0.25) is 5.69 Å². The lowest BCUT2D eigenvalue weighted by Crippen LogP contribution is -2.38. The Balaban J connectivity index is 1.46. The number of para-hydroxylation sites is 1. The largest absolute Gasteiger partial charge is 0.343 e. The van der Waals surface area contributed by atoms with Crippen molar-refractivity contribution in [1.29, 1.82) is 0 Å². The highest BCUT2D eigenvalue weighted by molar-refractivity contribution is 7.52. The molecule has 0 bridgehead atoms. The maximum Gasteiger partial charge on any atom is 0.331 e. The van der Waals surface area contributed by atoms with Crippen LogP contribution in [-0.2, 0) is 20.0 Å². The summed E-state index contributed by atoms with van der Waals surface area (Å²) in [5, 5.41) is 2.11. The molecule has 3 aromatic carbocycles. The van der Waals surface area contributed by atoms with E-state index in [4.69, 9.17) is 0 Å². The molecule has 0 radical (unpaired) electrons. The first kappa shape index (κ1) is 29.3. The van der Waals surface area contributed by atoms with Gasteiger partial charge in [-0.2, -0.15) is 4.58 Å². The van der Waals surface area contributed by atoms with Crippen molar-refractivity contribution in [3.63, 3.8) is 0 Å². The van der Waals surface area contributed by atoms with E-state index < -0.39 is 20.6 Å². The predicted molar refractivity (Wildman–Crippen MR) is 167 cm³/mol. The summed E-state index contributed by atoms with van der Waals surface area (Å²) in [6.07, 6.45) is 8.66. The fraction of sp³-hybridized carbons (Fsp3) is 0.344. The van der Waals surface area contributed by atoms with Crippen molar-refractivity contribution in [3.8, 4) is 0 Å².